The molecule has 21 heavy (non-hydrogen) atoms. The van der Waals surface area contributed by atoms with E-state index >= 15 is 0 Å². The smallest absolute Gasteiger partial charge is 0.300 e. The number of hydrogen-bond acceptors (Lipinski definition) is 6. The molecule has 0 saturated heterocycles. The van der Waals surface area contributed by atoms with Crippen molar-refractivity contribution >= 4 is 6.01 Å². The normalized spacial score (nSPS) is 13.9. The molecule has 6 nitrogen and oxygen atoms in total. The maximum Gasteiger partial charge on any atom is 0.300 e. The van der Waals surface area contributed by atoms with Gasteiger partial charge in [0.2, 0.25) is 0 Å². The Bertz CT molecular complexity index is 727. The number of allylic oxidation sites excluding steroid dienone is 2. The Morgan fingerprint density at radius 1 is 1.29 bits per heavy atom. The lowest BCUT2D eigenvalue weighted by atomic mass is 10.2. The third-order valence-electron chi connectivity index (χ3n) is 2.68. The molecule has 1 aliphatic heterocycles. The number of hydroxylamine groups is 1. The standard InChI is InChI=1S/C13H10F2N4O2/c14-9-4-3-8(6-10(9)15)11-7-16-13(21-11)17-12-2-1-5-19(20)18-12/h1-7,18,20H,(H,16,17). The van der Waals surface area contributed by atoms with Gasteiger partial charge in [-0.1, -0.05) is 0 Å². The molecule has 1 aromatic heterocycles. The van der Waals surface area contributed by atoms with E-state index in [-0.39, 0.29) is 11.8 Å². The van der Waals surface area contributed by atoms with Gasteiger partial charge < -0.3 is 4.42 Å². The zero-order chi connectivity index (χ0) is 14.8. The molecule has 108 valence electrons. The Labute approximate surface area is 117 Å². The highest BCUT2D eigenvalue weighted by molar-refractivity contribution is 5.57. The highest BCUT2D eigenvalue weighted by atomic mass is 19.2. The van der Waals surface area contributed by atoms with Gasteiger partial charge in [0.15, 0.2) is 17.4 Å². The predicted octanol–water partition coefficient (Wildman–Crippen LogP) is 2.60. The van der Waals surface area contributed by atoms with Crippen molar-refractivity contribution in [2.75, 3.05) is 5.32 Å². The van der Waals surface area contributed by atoms with E-state index in [9.17, 15) is 14.0 Å². The fourth-order valence-corrected chi connectivity index (χ4v) is 1.72. The molecule has 1 aromatic carbocycles. The second-order valence-corrected chi connectivity index (χ2v) is 4.16. The van der Waals surface area contributed by atoms with Crippen LogP contribution in [0, 0.1) is 11.6 Å². The maximum atomic E-state index is 13.2. The lowest BCUT2D eigenvalue weighted by Crippen LogP contribution is -2.34. The van der Waals surface area contributed by atoms with Crippen LogP contribution in [0.4, 0.5) is 14.8 Å². The zero-order valence-electron chi connectivity index (χ0n) is 10.5. The second kappa shape index (κ2) is 5.25. The summed E-state index contributed by atoms with van der Waals surface area (Å²) in [5.74, 6) is -1.18. The Morgan fingerprint density at radius 2 is 2.14 bits per heavy atom. The van der Waals surface area contributed by atoms with Crippen molar-refractivity contribution in [1.29, 1.82) is 0 Å². The monoisotopic (exact) mass is 292 g/mol. The minimum Gasteiger partial charge on any atom is -0.423 e. The molecule has 3 rings (SSSR count). The summed E-state index contributed by atoms with van der Waals surface area (Å²) in [6.45, 7) is 0. The van der Waals surface area contributed by atoms with Crippen molar-refractivity contribution < 1.29 is 18.4 Å². The summed E-state index contributed by atoms with van der Waals surface area (Å²) in [6.07, 6.45) is 6.02. The lowest BCUT2D eigenvalue weighted by Gasteiger charge is -2.19. The van der Waals surface area contributed by atoms with Gasteiger partial charge in [0, 0.05) is 5.56 Å². The number of hydrazine groups is 1. The molecule has 0 radical (unpaired) electrons. The molecule has 2 aromatic rings. The van der Waals surface area contributed by atoms with E-state index in [1.165, 1.54) is 18.5 Å². The number of halogens is 2. The van der Waals surface area contributed by atoms with Crippen molar-refractivity contribution in [2.24, 2.45) is 0 Å². The first-order valence-electron chi connectivity index (χ1n) is 5.93. The summed E-state index contributed by atoms with van der Waals surface area (Å²) in [4.78, 5) is 3.96. The molecule has 8 heteroatoms. The fourth-order valence-electron chi connectivity index (χ4n) is 1.72. The number of nitrogens with one attached hydrogen (secondary N) is 2. The largest absolute Gasteiger partial charge is 0.423 e. The van der Waals surface area contributed by atoms with Crippen molar-refractivity contribution in [3.8, 4) is 11.3 Å². The van der Waals surface area contributed by atoms with Gasteiger partial charge in [-0.25, -0.2) is 13.8 Å². The van der Waals surface area contributed by atoms with Gasteiger partial charge >= 0.3 is 6.01 Å². The van der Waals surface area contributed by atoms with Crippen molar-refractivity contribution in [3.05, 3.63) is 60.2 Å². The maximum absolute atomic E-state index is 13.2. The van der Waals surface area contributed by atoms with Gasteiger partial charge in [0.1, 0.15) is 5.82 Å². The van der Waals surface area contributed by atoms with E-state index in [0.717, 1.165) is 17.3 Å². The van der Waals surface area contributed by atoms with Crippen LogP contribution in [0.25, 0.3) is 11.3 Å². The number of benzene rings is 1. The number of hydrogen-bond donors (Lipinski definition) is 3. The van der Waals surface area contributed by atoms with Crippen LogP contribution >= 0.6 is 0 Å². The highest BCUT2D eigenvalue weighted by Crippen LogP contribution is 2.24. The third-order valence-corrected chi connectivity index (χ3v) is 2.68. The number of rotatable bonds is 3. The minimum atomic E-state index is -0.962. The van der Waals surface area contributed by atoms with E-state index in [2.05, 4.69) is 15.7 Å². The number of nitrogens with zero attached hydrogens (tertiary/aromatic N) is 2. The summed E-state index contributed by atoms with van der Waals surface area (Å²) in [5, 5.41) is 12.8. The van der Waals surface area contributed by atoms with Crippen LogP contribution in [0.5, 0.6) is 0 Å². The first kappa shape index (κ1) is 13.1. The van der Waals surface area contributed by atoms with Gasteiger partial charge in [0.25, 0.3) is 0 Å². The van der Waals surface area contributed by atoms with Gasteiger partial charge in [-0.3, -0.25) is 15.9 Å². The first-order valence-corrected chi connectivity index (χ1v) is 5.93. The van der Waals surface area contributed by atoms with E-state index < -0.39 is 11.6 Å². The van der Waals surface area contributed by atoms with Gasteiger partial charge in [0.05, 0.1) is 12.4 Å². The molecule has 2 heterocycles. The van der Waals surface area contributed by atoms with Crippen molar-refractivity contribution in [2.45, 2.75) is 0 Å². The molecule has 0 aliphatic carbocycles. The van der Waals surface area contributed by atoms with Crippen LogP contribution in [-0.4, -0.2) is 15.4 Å². The molecule has 0 fully saturated rings. The molecule has 0 bridgehead atoms. The molecule has 1 aliphatic rings. The Morgan fingerprint density at radius 3 is 2.90 bits per heavy atom. The number of anilines is 1. The predicted molar refractivity (Wildman–Crippen MR) is 69.5 cm³/mol. The van der Waals surface area contributed by atoms with Crippen molar-refractivity contribution in [1.82, 2.24) is 15.6 Å². The molecule has 0 amide bonds. The van der Waals surface area contributed by atoms with Gasteiger partial charge in [-0.2, -0.15) is 5.17 Å². The summed E-state index contributed by atoms with van der Waals surface area (Å²) in [5.41, 5.74) is 2.94. The molecule has 3 N–H and O–H groups in total. The molecule has 0 unspecified atom stereocenters. The van der Waals surface area contributed by atoms with Gasteiger partial charge in [-0.05, 0) is 30.4 Å². The molecule has 0 spiro atoms. The van der Waals surface area contributed by atoms with Crippen LogP contribution < -0.4 is 10.7 Å². The Hall–Kier alpha value is -2.87. The highest BCUT2D eigenvalue weighted by Gasteiger charge is 2.11. The van der Waals surface area contributed by atoms with E-state index in [1.807, 2.05) is 0 Å². The topological polar surface area (TPSA) is 73.6 Å². The summed E-state index contributed by atoms with van der Waals surface area (Å²) in [6, 6.07) is 3.56. The third kappa shape index (κ3) is 2.84. The Kier molecular flexibility index (Phi) is 3.28. The first-order chi connectivity index (χ1) is 10.1. The Balaban J connectivity index is 1.78. The number of aromatic nitrogens is 1. The van der Waals surface area contributed by atoms with E-state index in [4.69, 9.17) is 4.42 Å². The molecular formula is C13H10F2N4O2. The quantitative estimate of drug-likeness (QED) is 0.807. The average Bonchev–Trinajstić information content (AvgIpc) is 2.90. The fraction of sp³-hybridized carbons (Fsp3) is 0. The second-order valence-electron chi connectivity index (χ2n) is 4.16. The van der Waals surface area contributed by atoms with Crippen LogP contribution in [0.3, 0.4) is 0 Å². The SMILES string of the molecule is ON1C=CC=C(Nc2ncc(-c3ccc(F)c(F)c3)o2)N1. The van der Waals surface area contributed by atoms with Crippen LogP contribution in [0.1, 0.15) is 0 Å². The van der Waals surface area contributed by atoms with Gasteiger partial charge in [-0.15, -0.1) is 0 Å². The lowest BCUT2D eigenvalue weighted by molar-refractivity contribution is -0.0795. The van der Waals surface area contributed by atoms with E-state index in [1.54, 1.807) is 12.2 Å². The minimum absolute atomic E-state index is 0.136. The van der Waals surface area contributed by atoms with Crippen LogP contribution in [0.2, 0.25) is 0 Å². The molecule has 0 atom stereocenters. The zero-order valence-corrected chi connectivity index (χ0v) is 10.5. The molecule has 0 saturated carbocycles. The number of oxazole rings is 1. The van der Waals surface area contributed by atoms with E-state index in [0.29, 0.717) is 11.4 Å². The van der Waals surface area contributed by atoms with Crippen LogP contribution in [0.15, 0.2) is 53.0 Å². The molecular weight excluding hydrogens is 282 g/mol. The van der Waals surface area contributed by atoms with Crippen molar-refractivity contribution in [3.63, 3.8) is 0 Å². The summed E-state index contributed by atoms with van der Waals surface area (Å²) < 4.78 is 31.4. The average molecular weight is 292 g/mol. The summed E-state index contributed by atoms with van der Waals surface area (Å²) >= 11 is 0. The summed E-state index contributed by atoms with van der Waals surface area (Å²) in [7, 11) is 0. The van der Waals surface area contributed by atoms with Crippen LogP contribution in [-0.2, 0) is 0 Å².